The van der Waals surface area contributed by atoms with Crippen LogP contribution in [-0.2, 0) is 14.3 Å². The van der Waals surface area contributed by atoms with E-state index in [0.29, 0.717) is 33.2 Å². The smallest absolute Gasteiger partial charge is 0.427 e. The number of hydrogen-bond donors (Lipinski definition) is 1. The number of alkyl carbamates (subject to hydrolysis) is 1. The summed E-state index contributed by atoms with van der Waals surface area (Å²) in [7, 11) is 0. The molecular weight excluding hydrogens is 317 g/mol. The Balaban J connectivity index is 2.65. The summed E-state index contributed by atoms with van der Waals surface area (Å²) in [6.45, 7) is 4.50. The average molecular weight is 338 g/mol. The van der Waals surface area contributed by atoms with Crippen molar-refractivity contribution >= 4 is 17.8 Å². The van der Waals surface area contributed by atoms with E-state index in [-0.39, 0.29) is 5.78 Å². The van der Waals surface area contributed by atoms with Crippen molar-refractivity contribution in [3.8, 4) is 0 Å². The monoisotopic (exact) mass is 338 g/mol. The maximum absolute atomic E-state index is 12.7. The molecule has 1 rings (SSSR count). The Hall–Kier alpha value is -1.80. The van der Waals surface area contributed by atoms with Crippen LogP contribution in [0.5, 0.6) is 0 Å². The lowest BCUT2D eigenvalue weighted by Crippen LogP contribution is -2.52. The molecule has 1 aliphatic rings. The Kier molecular flexibility index (Phi) is 5.65. The van der Waals surface area contributed by atoms with E-state index in [1.807, 2.05) is 0 Å². The maximum Gasteiger partial charge on any atom is 0.427 e. The van der Waals surface area contributed by atoms with Gasteiger partial charge in [-0.1, -0.05) is 0 Å². The third kappa shape index (κ3) is 4.59. The quantitative estimate of drug-likeness (QED) is 0.851. The van der Waals surface area contributed by atoms with Crippen LogP contribution in [0.3, 0.4) is 0 Å². The molecule has 0 aromatic carbocycles. The van der Waals surface area contributed by atoms with Crippen LogP contribution in [0.15, 0.2) is 0 Å². The largest absolute Gasteiger partial charge is 0.434 e. The molecule has 1 fully saturated rings. The van der Waals surface area contributed by atoms with Gasteiger partial charge in [0.25, 0.3) is 0 Å². The number of ether oxygens (including phenoxy) is 1. The third-order valence-corrected chi connectivity index (χ3v) is 3.74. The number of likely N-dealkylation sites (tertiary alicyclic amines) is 1. The Morgan fingerprint density at radius 1 is 1.26 bits per heavy atom. The molecular formula is C14H21F3N2O4. The molecule has 9 heteroatoms. The summed E-state index contributed by atoms with van der Waals surface area (Å²) in [6, 6.07) is -1.64. The van der Waals surface area contributed by atoms with Crippen molar-refractivity contribution in [1.82, 2.24) is 10.2 Å². The molecule has 1 heterocycles. The second-order valence-electron chi connectivity index (χ2n) is 6.06. The van der Waals surface area contributed by atoms with E-state index in [0.717, 1.165) is 0 Å². The summed E-state index contributed by atoms with van der Waals surface area (Å²) in [5.41, 5.74) is -2.67. The fraction of sp³-hybridized carbons (Fsp3) is 0.786. The number of rotatable bonds is 4. The molecule has 0 radical (unpaired) electrons. The number of Topliss-reactive ketones (excluding diaryl/α,β-unsaturated/α-hetero) is 1. The highest BCUT2D eigenvalue weighted by atomic mass is 19.4. The maximum atomic E-state index is 12.7. The van der Waals surface area contributed by atoms with Gasteiger partial charge >= 0.3 is 12.3 Å². The van der Waals surface area contributed by atoms with Crippen LogP contribution in [-0.4, -0.2) is 53.1 Å². The molecule has 1 N–H and O–H groups in total. The molecule has 0 spiro atoms. The fourth-order valence-electron chi connectivity index (χ4n) is 2.26. The van der Waals surface area contributed by atoms with Gasteiger partial charge < -0.3 is 15.0 Å². The zero-order valence-corrected chi connectivity index (χ0v) is 13.5. The van der Waals surface area contributed by atoms with Gasteiger partial charge in [0.05, 0.1) is 6.04 Å². The first-order chi connectivity index (χ1) is 10.4. The van der Waals surface area contributed by atoms with E-state index in [4.69, 9.17) is 0 Å². The van der Waals surface area contributed by atoms with Crippen molar-refractivity contribution in [3.63, 3.8) is 0 Å². The van der Waals surface area contributed by atoms with Gasteiger partial charge in [-0.05, 0) is 40.5 Å². The van der Waals surface area contributed by atoms with E-state index >= 15 is 0 Å². The Morgan fingerprint density at radius 3 is 2.30 bits per heavy atom. The normalized spacial score (nSPS) is 20.1. The lowest BCUT2D eigenvalue weighted by Gasteiger charge is -2.29. The number of ketones is 1. The van der Waals surface area contributed by atoms with E-state index in [1.165, 1.54) is 18.7 Å². The van der Waals surface area contributed by atoms with Gasteiger partial charge in [-0.15, -0.1) is 0 Å². The molecule has 6 nitrogen and oxygen atoms in total. The van der Waals surface area contributed by atoms with Crippen molar-refractivity contribution in [1.29, 1.82) is 0 Å². The van der Waals surface area contributed by atoms with Crippen LogP contribution in [0.1, 0.15) is 40.5 Å². The summed E-state index contributed by atoms with van der Waals surface area (Å²) in [5, 5.41) is 2.08. The van der Waals surface area contributed by atoms with Crippen LogP contribution < -0.4 is 5.32 Å². The molecule has 0 saturated carbocycles. The van der Waals surface area contributed by atoms with Gasteiger partial charge in [0.1, 0.15) is 6.04 Å². The van der Waals surface area contributed by atoms with Crippen LogP contribution in [0.25, 0.3) is 0 Å². The lowest BCUT2D eigenvalue weighted by atomic mass is 10.1. The highest BCUT2D eigenvalue weighted by Gasteiger charge is 2.51. The van der Waals surface area contributed by atoms with Gasteiger partial charge in [-0.2, -0.15) is 13.2 Å². The predicted molar refractivity (Wildman–Crippen MR) is 74.6 cm³/mol. The third-order valence-electron chi connectivity index (χ3n) is 3.74. The molecule has 132 valence electrons. The molecule has 0 bridgehead atoms. The minimum absolute atomic E-state index is 0.163. The van der Waals surface area contributed by atoms with Crippen LogP contribution in [0.2, 0.25) is 0 Å². The first-order valence-electron chi connectivity index (χ1n) is 7.24. The summed E-state index contributed by atoms with van der Waals surface area (Å²) >= 11 is 0. The number of nitrogens with one attached hydrogen (secondary N) is 1. The standard InChI is InChI=1S/C14H21F3N2O4/c1-8(11(21)19-7-5-6-10(19)9(2)20)18-12(22)23-13(3,4)14(15,16)17/h8,10H,5-7H2,1-4H3,(H,18,22)/t8-,10-/m0/s1. The highest BCUT2D eigenvalue weighted by Crippen LogP contribution is 2.32. The van der Waals surface area contributed by atoms with E-state index in [9.17, 15) is 27.6 Å². The van der Waals surface area contributed by atoms with Crippen molar-refractivity contribution in [2.24, 2.45) is 0 Å². The molecule has 0 aliphatic carbocycles. The second kappa shape index (κ2) is 6.76. The Bertz CT molecular complexity index is 491. The first-order valence-corrected chi connectivity index (χ1v) is 7.24. The van der Waals surface area contributed by atoms with Crippen molar-refractivity contribution in [2.75, 3.05) is 6.54 Å². The topological polar surface area (TPSA) is 75.7 Å². The van der Waals surface area contributed by atoms with Gasteiger partial charge in [0.2, 0.25) is 11.5 Å². The zero-order valence-electron chi connectivity index (χ0n) is 13.5. The van der Waals surface area contributed by atoms with Crippen molar-refractivity contribution in [2.45, 2.75) is 64.4 Å². The second-order valence-corrected chi connectivity index (χ2v) is 6.06. The summed E-state index contributed by atoms with van der Waals surface area (Å²) in [5.74, 6) is -0.687. The van der Waals surface area contributed by atoms with Gasteiger partial charge in [-0.3, -0.25) is 9.59 Å². The molecule has 0 aromatic rings. The Morgan fingerprint density at radius 2 is 1.83 bits per heavy atom. The van der Waals surface area contributed by atoms with Crippen LogP contribution in [0, 0.1) is 0 Å². The molecule has 1 saturated heterocycles. The minimum atomic E-state index is -4.73. The van der Waals surface area contributed by atoms with E-state index < -0.39 is 35.9 Å². The van der Waals surface area contributed by atoms with Crippen molar-refractivity contribution in [3.05, 3.63) is 0 Å². The minimum Gasteiger partial charge on any atom is -0.434 e. The summed E-state index contributed by atoms with van der Waals surface area (Å²) < 4.78 is 42.3. The lowest BCUT2D eigenvalue weighted by molar-refractivity contribution is -0.244. The number of amides is 2. The molecule has 2 atom stereocenters. The van der Waals surface area contributed by atoms with Gasteiger partial charge in [0.15, 0.2) is 5.78 Å². The first kappa shape index (κ1) is 19.2. The Labute approximate surface area is 132 Å². The highest BCUT2D eigenvalue weighted by molar-refractivity contribution is 5.91. The molecule has 2 amide bonds. The number of alkyl halides is 3. The van der Waals surface area contributed by atoms with Crippen molar-refractivity contribution < 1.29 is 32.3 Å². The summed E-state index contributed by atoms with van der Waals surface area (Å²) in [4.78, 5) is 36.6. The number of carbonyl (C=O) groups is 3. The SMILES string of the molecule is CC(=O)[C@@H]1CCCN1C(=O)[C@H](C)NC(=O)OC(C)(C)C(F)(F)F. The van der Waals surface area contributed by atoms with Crippen LogP contribution in [0.4, 0.5) is 18.0 Å². The number of hydrogen-bond acceptors (Lipinski definition) is 4. The summed E-state index contributed by atoms with van der Waals surface area (Å²) in [6.07, 6.45) is -4.87. The molecule has 23 heavy (non-hydrogen) atoms. The number of halogens is 3. The van der Waals surface area contributed by atoms with Gasteiger partial charge in [0, 0.05) is 6.54 Å². The van der Waals surface area contributed by atoms with E-state index in [2.05, 4.69) is 10.1 Å². The van der Waals surface area contributed by atoms with Crippen LogP contribution >= 0.6 is 0 Å². The fourth-order valence-corrected chi connectivity index (χ4v) is 2.26. The molecule has 0 unspecified atom stereocenters. The molecule has 0 aromatic heterocycles. The van der Waals surface area contributed by atoms with E-state index in [1.54, 1.807) is 0 Å². The zero-order chi connectivity index (χ0) is 18.0. The average Bonchev–Trinajstić information content (AvgIpc) is 2.84. The molecule has 1 aliphatic heterocycles. The number of nitrogens with zero attached hydrogens (tertiary/aromatic N) is 1. The van der Waals surface area contributed by atoms with Gasteiger partial charge in [-0.25, -0.2) is 4.79 Å². The number of carbonyl (C=O) groups excluding carboxylic acids is 3. The predicted octanol–water partition coefficient (Wildman–Crippen LogP) is 2.02.